The number of amides is 1. The van der Waals surface area contributed by atoms with Gasteiger partial charge < -0.3 is 19.8 Å². The van der Waals surface area contributed by atoms with Gasteiger partial charge in [0.15, 0.2) is 11.5 Å². The van der Waals surface area contributed by atoms with E-state index in [2.05, 4.69) is 4.98 Å². The number of hydrogen-bond acceptors (Lipinski definition) is 4. The Morgan fingerprint density at radius 2 is 2.00 bits per heavy atom. The molecule has 2 rings (SSSR count). The summed E-state index contributed by atoms with van der Waals surface area (Å²) in [6, 6.07) is 3.04. The third-order valence-corrected chi connectivity index (χ3v) is 3.57. The van der Waals surface area contributed by atoms with E-state index in [0.717, 1.165) is 5.52 Å². The van der Waals surface area contributed by atoms with Crippen molar-refractivity contribution in [2.75, 3.05) is 20.1 Å². The lowest BCUT2D eigenvalue weighted by Gasteiger charge is -2.15. The van der Waals surface area contributed by atoms with Gasteiger partial charge in [0.25, 0.3) is 0 Å². The lowest BCUT2D eigenvalue weighted by molar-refractivity contribution is -0.120. The Labute approximate surface area is 127 Å². The number of aryl methyl sites for hydroxylation is 1. The van der Waals surface area contributed by atoms with Crippen molar-refractivity contribution < 1.29 is 14.3 Å². The van der Waals surface area contributed by atoms with E-state index in [-0.39, 0.29) is 0 Å². The van der Waals surface area contributed by atoms with Crippen molar-refractivity contribution in [3.8, 4) is 11.5 Å². The Bertz CT molecular complexity index is 669. The largest absolute Gasteiger partial charge is 0.493 e. The van der Waals surface area contributed by atoms with Gasteiger partial charge in [-0.2, -0.15) is 0 Å². The van der Waals surface area contributed by atoms with Gasteiger partial charge in [-0.25, -0.2) is 4.98 Å². The number of fused-ring (bicyclic) bond motifs is 1. The van der Waals surface area contributed by atoms with E-state index in [1.807, 2.05) is 0 Å². The molecule has 0 spiro atoms. The summed E-state index contributed by atoms with van der Waals surface area (Å²) >= 11 is 5.82. The smallest absolute Gasteiger partial charge is 0.240 e. The van der Waals surface area contributed by atoms with E-state index >= 15 is 0 Å². The molecule has 0 saturated carbocycles. The van der Waals surface area contributed by atoms with Crippen LogP contribution in [0.1, 0.15) is 18.8 Å². The molecule has 0 fully saturated rings. The van der Waals surface area contributed by atoms with Crippen LogP contribution in [-0.2, 0) is 11.2 Å². The molecule has 114 valence electrons. The van der Waals surface area contributed by atoms with Crippen LogP contribution in [-0.4, -0.2) is 35.6 Å². The number of imidazole rings is 1. The molecule has 1 aromatic carbocycles. The van der Waals surface area contributed by atoms with E-state index in [4.69, 9.17) is 26.8 Å². The second-order valence-corrected chi connectivity index (χ2v) is 4.99. The quantitative estimate of drug-likeness (QED) is 0.826. The van der Waals surface area contributed by atoms with E-state index in [1.165, 1.54) is 0 Å². The molecule has 0 aliphatic carbocycles. The average Bonchev–Trinajstić information content (AvgIpc) is 2.81. The number of nitrogens with two attached hydrogens (primary N) is 1. The number of rotatable bonds is 6. The summed E-state index contributed by atoms with van der Waals surface area (Å²) in [5.41, 5.74) is 6.91. The minimum absolute atomic E-state index is 0.406. The van der Waals surface area contributed by atoms with Crippen LogP contribution in [0.5, 0.6) is 11.5 Å². The lowest BCUT2D eigenvalue weighted by atomic mass is 10.2. The fourth-order valence-electron chi connectivity index (χ4n) is 2.29. The van der Waals surface area contributed by atoms with Gasteiger partial charge in [-0.3, -0.25) is 4.79 Å². The molecule has 0 saturated heterocycles. The van der Waals surface area contributed by atoms with Crippen molar-refractivity contribution in [1.82, 2.24) is 9.55 Å². The molecule has 0 aliphatic heterocycles. The van der Waals surface area contributed by atoms with Crippen molar-refractivity contribution in [3.05, 3.63) is 18.0 Å². The Morgan fingerprint density at radius 3 is 2.52 bits per heavy atom. The molecular weight excluding hydrogens is 294 g/mol. The van der Waals surface area contributed by atoms with Crippen LogP contribution in [0.3, 0.4) is 0 Å². The standard InChI is InChI=1S/C14H18ClN3O3/c1-8(14(16)19)18-10-7-12(21-3)11(20-2)6-9(10)17-13(18)4-5-15/h6-8H,4-5H2,1-3H3,(H2,16,19). The fraction of sp³-hybridized carbons (Fsp3) is 0.429. The predicted octanol–water partition coefficient (Wildman–Crippen LogP) is 1.88. The predicted molar refractivity (Wildman–Crippen MR) is 81.2 cm³/mol. The summed E-state index contributed by atoms with van der Waals surface area (Å²) in [4.78, 5) is 16.1. The van der Waals surface area contributed by atoms with Gasteiger partial charge in [-0.15, -0.1) is 11.6 Å². The maximum atomic E-state index is 11.6. The third-order valence-electron chi connectivity index (χ3n) is 3.39. The minimum atomic E-state index is -0.522. The molecule has 2 N–H and O–H groups in total. The average molecular weight is 312 g/mol. The van der Waals surface area contributed by atoms with Crippen molar-refractivity contribution >= 4 is 28.5 Å². The van der Waals surface area contributed by atoms with Gasteiger partial charge in [0.05, 0.1) is 25.3 Å². The van der Waals surface area contributed by atoms with Crippen molar-refractivity contribution in [1.29, 1.82) is 0 Å². The van der Waals surface area contributed by atoms with Crippen molar-refractivity contribution in [3.63, 3.8) is 0 Å². The maximum Gasteiger partial charge on any atom is 0.240 e. The zero-order valence-electron chi connectivity index (χ0n) is 12.2. The Balaban J connectivity index is 2.72. The van der Waals surface area contributed by atoms with Gasteiger partial charge in [0.1, 0.15) is 11.9 Å². The Morgan fingerprint density at radius 1 is 1.38 bits per heavy atom. The summed E-state index contributed by atoms with van der Waals surface area (Å²) < 4.78 is 12.4. The van der Waals surface area contributed by atoms with Crippen LogP contribution < -0.4 is 15.2 Å². The van der Waals surface area contributed by atoms with E-state index < -0.39 is 11.9 Å². The molecule has 1 amide bonds. The van der Waals surface area contributed by atoms with Crippen LogP contribution in [0, 0.1) is 0 Å². The second kappa shape index (κ2) is 6.22. The molecule has 21 heavy (non-hydrogen) atoms. The van der Waals surface area contributed by atoms with E-state index in [1.54, 1.807) is 37.8 Å². The number of carbonyl (C=O) groups is 1. The summed E-state index contributed by atoms with van der Waals surface area (Å²) in [6.45, 7) is 1.73. The zero-order valence-corrected chi connectivity index (χ0v) is 13.0. The number of carbonyl (C=O) groups excluding carboxylic acids is 1. The zero-order chi connectivity index (χ0) is 15.6. The highest BCUT2D eigenvalue weighted by molar-refractivity contribution is 6.17. The number of aromatic nitrogens is 2. The Kier molecular flexibility index (Phi) is 4.57. The van der Waals surface area contributed by atoms with Gasteiger partial charge >= 0.3 is 0 Å². The number of halogens is 1. The monoisotopic (exact) mass is 311 g/mol. The summed E-state index contributed by atoms with van der Waals surface area (Å²) in [6.07, 6.45) is 0.540. The first-order valence-electron chi connectivity index (χ1n) is 6.51. The molecule has 1 heterocycles. The molecule has 0 aliphatic rings. The number of alkyl halides is 1. The number of ether oxygens (including phenoxy) is 2. The number of hydrogen-bond donors (Lipinski definition) is 1. The molecule has 0 bridgehead atoms. The van der Waals surface area contributed by atoms with E-state index in [9.17, 15) is 4.79 Å². The van der Waals surface area contributed by atoms with Gasteiger partial charge in [-0.05, 0) is 6.92 Å². The number of benzene rings is 1. The molecule has 0 radical (unpaired) electrons. The summed E-state index contributed by atoms with van der Waals surface area (Å²) in [5.74, 6) is 1.84. The Hall–Kier alpha value is -1.95. The first kappa shape index (κ1) is 15.4. The fourth-order valence-corrected chi connectivity index (χ4v) is 2.46. The first-order valence-corrected chi connectivity index (χ1v) is 7.05. The van der Waals surface area contributed by atoms with Gasteiger partial charge in [-0.1, -0.05) is 0 Å². The van der Waals surface area contributed by atoms with Crippen LogP contribution in [0.2, 0.25) is 0 Å². The molecule has 1 unspecified atom stereocenters. The molecule has 1 aromatic heterocycles. The molecule has 7 heteroatoms. The summed E-state index contributed by atoms with van der Waals surface area (Å²) in [7, 11) is 3.12. The van der Waals surface area contributed by atoms with Crippen LogP contribution in [0.15, 0.2) is 12.1 Å². The van der Waals surface area contributed by atoms with E-state index in [0.29, 0.717) is 35.1 Å². The highest BCUT2D eigenvalue weighted by atomic mass is 35.5. The molecule has 2 aromatic rings. The van der Waals surface area contributed by atoms with Crippen molar-refractivity contribution in [2.24, 2.45) is 5.73 Å². The third kappa shape index (κ3) is 2.76. The lowest BCUT2D eigenvalue weighted by Crippen LogP contribution is -2.25. The second-order valence-electron chi connectivity index (χ2n) is 4.61. The number of primary amides is 1. The number of methoxy groups -OCH3 is 2. The number of nitrogens with zero attached hydrogens (tertiary/aromatic N) is 2. The van der Waals surface area contributed by atoms with Crippen LogP contribution in [0.25, 0.3) is 11.0 Å². The SMILES string of the molecule is COc1cc2nc(CCCl)n(C(C)C(N)=O)c2cc1OC. The van der Waals surface area contributed by atoms with Crippen molar-refractivity contribution in [2.45, 2.75) is 19.4 Å². The van der Waals surface area contributed by atoms with Gasteiger partial charge in [0.2, 0.25) is 5.91 Å². The van der Waals surface area contributed by atoms with Crippen LogP contribution in [0.4, 0.5) is 0 Å². The maximum absolute atomic E-state index is 11.6. The molecular formula is C14H18ClN3O3. The highest BCUT2D eigenvalue weighted by Gasteiger charge is 2.21. The topological polar surface area (TPSA) is 79.4 Å². The molecule has 1 atom stereocenters. The van der Waals surface area contributed by atoms with Gasteiger partial charge in [0, 0.05) is 24.4 Å². The first-order chi connectivity index (χ1) is 10.0. The minimum Gasteiger partial charge on any atom is -0.493 e. The van der Waals surface area contributed by atoms with Crippen LogP contribution >= 0.6 is 11.6 Å². The normalized spacial score (nSPS) is 12.4. The highest BCUT2D eigenvalue weighted by Crippen LogP contribution is 2.33. The molecule has 6 nitrogen and oxygen atoms in total. The summed E-state index contributed by atoms with van der Waals surface area (Å²) in [5, 5.41) is 0.